The lowest BCUT2D eigenvalue weighted by molar-refractivity contribution is 0.458. The smallest absolute Gasteiger partial charge is 0.0998 e. The fraction of sp³-hybridized carbons (Fsp3) is 0.167. The van der Waals surface area contributed by atoms with E-state index in [1.807, 2.05) is 12.1 Å². The monoisotopic (exact) mass is 516 g/mol. The lowest BCUT2D eigenvalue weighted by Crippen LogP contribution is -2.30. The highest BCUT2D eigenvalue weighted by molar-refractivity contribution is 6.38. The normalized spacial score (nSPS) is 15.0. The quantitative estimate of drug-likeness (QED) is 0.174. The average molecular weight is 517 g/mol. The Morgan fingerprint density at radius 2 is 0.875 bits per heavy atom. The molecule has 2 aliphatic heterocycles. The molecule has 0 amide bonds. The zero-order chi connectivity index (χ0) is 28.4. The van der Waals surface area contributed by atoms with E-state index in [9.17, 15) is 10.5 Å². The molecule has 0 radical (unpaired) electrons. The van der Waals surface area contributed by atoms with Gasteiger partial charge in [-0.2, -0.15) is 10.5 Å². The van der Waals surface area contributed by atoms with Crippen LogP contribution >= 0.6 is 0 Å². The highest BCUT2D eigenvalue weighted by atomic mass is 15.2. The van der Waals surface area contributed by atoms with E-state index in [-0.39, 0.29) is 12.1 Å². The fourth-order valence-corrected chi connectivity index (χ4v) is 7.31. The molecular formula is C36H28N4. The topological polar surface area (TPSA) is 54.1 Å². The summed E-state index contributed by atoms with van der Waals surface area (Å²) >= 11 is 0. The van der Waals surface area contributed by atoms with Gasteiger partial charge in [0.1, 0.15) is 0 Å². The van der Waals surface area contributed by atoms with Crippen LogP contribution in [0.25, 0.3) is 65.9 Å². The third-order valence-electron chi connectivity index (χ3n) is 8.78. The number of hydrogen-bond donors (Lipinski definition) is 0. The van der Waals surface area contributed by atoms with Crippen LogP contribution in [0.1, 0.15) is 61.1 Å². The third-order valence-corrected chi connectivity index (χ3v) is 8.78. The van der Waals surface area contributed by atoms with Crippen LogP contribution in [0.2, 0.25) is 0 Å². The summed E-state index contributed by atoms with van der Waals surface area (Å²) in [6, 6.07) is 17.7. The Morgan fingerprint density at radius 3 is 1.20 bits per heavy atom. The molecule has 0 aliphatic carbocycles. The molecule has 2 aliphatic rings. The summed E-state index contributed by atoms with van der Waals surface area (Å²) in [5, 5.41) is 28.8. The molecule has 5 aromatic rings. The Kier molecular flexibility index (Phi) is 4.65. The van der Waals surface area contributed by atoms with Gasteiger partial charge in [0.2, 0.25) is 0 Å². The fourth-order valence-electron chi connectivity index (χ4n) is 7.31. The predicted molar refractivity (Wildman–Crippen MR) is 167 cm³/mol. The van der Waals surface area contributed by atoms with E-state index in [2.05, 4.69) is 100 Å². The van der Waals surface area contributed by atoms with Crippen LogP contribution in [0.15, 0.2) is 62.7 Å². The van der Waals surface area contributed by atoms with E-state index in [0.29, 0.717) is 11.1 Å². The van der Waals surface area contributed by atoms with Crippen molar-refractivity contribution in [2.24, 2.45) is 0 Å². The van der Waals surface area contributed by atoms with Crippen molar-refractivity contribution in [1.82, 2.24) is 9.80 Å². The van der Waals surface area contributed by atoms with Crippen molar-refractivity contribution in [2.45, 2.75) is 39.8 Å². The van der Waals surface area contributed by atoms with Crippen LogP contribution in [-0.4, -0.2) is 21.9 Å². The van der Waals surface area contributed by atoms with Crippen LogP contribution in [0.5, 0.6) is 0 Å². The van der Waals surface area contributed by atoms with Gasteiger partial charge in [-0.3, -0.25) is 0 Å². The minimum atomic E-state index is 0.162. The maximum absolute atomic E-state index is 10.5. The van der Waals surface area contributed by atoms with Crippen molar-refractivity contribution in [1.29, 1.82) is 10.5 Å². The van der Waals surface area contributed by atoms with Crippen molar-refractivity contribution in [3.8, 4) is 12.1 Å². The molecule has 0 aromatic heterocycles. The van der Waals surface area contributed by atoms with E-state index in [0.717, 1.165) is 88.1 Å². The summed E-state index contributed by atoms with van der Waals surface area (Å²) in [5.74, 6) is 0. The Morgan fingerprint density at radius 1 is 0.525 bits per heavy atom. The van der Waals surface area contributed by atoms with E-state index in [1.165, 1.54) is 0 Å². The van der Waals surface area contributed by atoms with Gasteiger partial charge in [0.15, 0.2) is 0 Å². The van der Waals surface area contributed by atoms with Crippen LogP contribution in [-0.2, 0) is 0 Å². The predicted octanol–water partition coefficient (Wildman–Crippen LogP) is 8.81. The van der Waals surface area contributed by atoms with Crippen LogP contribution in [0, 0.1) is 22.7 Å². The summed E-state index contributed by atoms with van der Waals surface area (Å²) in [6.45, 7) is 26.3. The first-order valence-corrected chi connectivity index (χ1v) is 13.6. The third kappa shape index (κ3) is 2.63. The molecule has 40 heavy (non-hydrogen) atoms. The van der Waals surface area contributed by atoms with E-state index in [4.69, 9.17) is 0 Å². The van der Waals surface area contributed by atoms with Gasteiger partial charge in [-0.15, -0.1) is 0 Å². The number of nitrogens with zero attached hydrogens (tertiary/aromatic N) is 4. The van der Waals surface area contributed by atoms with Gasteiger partial charge in [-0.1, -0.05) is 50.6 Å². The van der Waals surface area contributed by atoms with E-state index < -0.39 is 0 Å². The molecule has 0 spiro atoms. The minimum Gasteiger partial charge on any atom is -0.339 e. The minimum absolute atomic E-state index is 0.162. The standard InChI is InChI=1S/C36H28N4/c1-17(2)39-19(5)25-9-11-27-32-24(16-38)14-30-22(8)40(18(3)4)20(6)26-10-12-28(36(32)34(26)30)31-23(15-37)13-29(21(39)7)33(25)35(27)31/h9-14,17-18H,5-8H2,1-4H3. The number of fused-ring (bicyclic) bond motifs is 2. The first-order valence-electron chi connectivity index (χ1n) is 13.6. The Labute approximate surface area is 234 Å². The molecule has 0 fully saturated rings. The zero-order valence-electron chi connectivity index (χ0n) is 23.2. The van der Waals surface area contributed by atoms with Crippen molar-refractivity contribution in [3.05, 3.63) is 96.1 Å². The van der Waals surface area contributed by atoms with Crippen molar-refractivity contribution in [3.63, 3.8) is 0 Å². The Balaban J connectivity index is 1.77. The molecule has 0 saturated carbocycles. The molecule has 7 rings (SSSR count). The molecule has 4 nitrogen and oxygen atoms in total. The second-order valence-electron chi connectivity index (χ2n) is 11.5. The first-order chi connectivity index (χ1) is 19.1. The van der Waals surface area contributed by atoms with Gasteiger partial charge in [0, 0.05) is 89.4 Å². The Bertz CT molecular complexity index is 2000. The van der Waals surface area contributed by atoms with Crippen molar-refractivity contribution >= 4 is 65.9 Å². The highest BCUT2D eigenvalue weighted by Gasteiger charge is 2.33. The second kappa shape index (κ2) is 7.75. The van der Waals surface area contributed by atoms with Gasteiger partial charge in [-0.25, -0.2) is 0 Å². The van der Waals surface area contributed by atoms with E-state index in [1.54, 1.807) is 0 Å². The van der Waals surface area contributed by atoms with Gasteiger partial charge in [0.25, 0.3) is 0 Å². The maximum Gasteiger partial charge on any atom is 0.0998 e. The second-order valence-corrected chi connectivity index (χ2v) is 11.5. The maximum atomic E-state index is 10.5. The average Bonchev–Trinajstić information content (AvgIpc) is 2.92. The number of rotatable bonds is 2. The number of benzene rings is 5. The molecule has 0 saturated heterocycles. The van der Waals surface area contributed by atoms with Crippen LogP contribution in [0.4, 0.5) is 0 Å². The lowest BCUT2D eigenvalue weighted by atomic mass is 9.78. The van der Waals surface area contributed by atoms with Crippen LogP contribution < -0.4 is 0 Å². The highest BCUT2D eigenvalue weighted by Crippen LogP contribution is 2.53. The largest absolute Gasteiger partial charge is 0.339 e. The SMILES string of the molecule is C=C1c2ccc3c4c(C#N)cc5c6c(ccc(c7c(C#N)cc(c2c37)C(=C)N1C(C)C)c64)C(=C)N(C(C)C)C5=C. The molecule has 192 valence electrons. The summed E-state index contributed by atoms with van der Waals surface area (Å²) in [7, 11) is 0. The Hall–Kier alpha value is -5.06. The molecule has 2 heterocycles. The molecule has 5 aromatic carbocycles. The molecule has 0 atom stereocenters. The summed E-state index contributed by atoms with van der Waals surface area (Å²) in [4.78, 5) is 4.28. The lowest BCUT2D eigenvalue weighted by Gasteiger charge is -2.39. The van der Waals surface area contributed by atoms with Gasteiger partial charge in [0.05, 0.1) is 23.3 Å². The summed E-state index contributed by atoms with van der Waals surface area (Å²) in [5.41, 5.74) is 8.60. The zero-order valence-corrected chi connectivity index (χ0v) is 23.2. The van der Waals surface area contributed by atoms with Crippen LogP contribution in [0.3, 0.4) is 0 Å². The van der Waals surface area contributed by atoms with Gasteiger partial charge in [-0.05, 0) is 50.6 Å². The molecule has 0 unspecified atom stereocenters. The molecule has 0 bridgehead atoms. The summed E-state index contributed by atoms with van der Waals surface area (Å²) < 4.78 is 0. The van der Waals surface area contributed by atoms with Gasteiger partial charge < -0.3 is 9.80 Å². The first kappa shape index (κ1) is 24.0. The number of nitriles is 2. The molecule has 0 N–H and O–H groups in total. The van der Waals surface area contributed by atoms with Crippen molar-refractivity contribution in [2.75, 3.05) is 0 Å². The van der Waals surface area contributed by atoms with Gasteiger partial charge >= 0.3 is 0 Å². The summed E-state index contributed by atoms with van der Waals surface area (Å²) in [6.07, 6.45) is 0. The van der Waals surface area contributed by atoms with E-state index >= 15 is 0 Å². The molecule has 4 heteroatoms. The number of hydrogen-bond acceptors (Lipinski definition) is 4. The van der Waals surface area contributed by atoms with Crippen molar-refractivity contribution < 1.29 is 0 Å². The molecular weight excluding hydrogens is 488 g/mol.